The molecule has 1 fully saturated rings. The Labute approximate surface area is 240 Å². The highest BCUT2D eigenvalue weighted by molar-refractivity contribution is 6.30. The van der Waals surface area contributed by atoms with Crippen LogP contribution in [-0.4, -0.2) is 77.2 Å². The van der Waals surface area contributed by atoms with E-state index >= 15 is 0 Å². The molecule has 0 saturated carbocycles. The van der Waals surface area contributed by atoms with Crippen LogP contribution in [0.2, 0.25) is 5.02 Å². The van der Waals surface area contributed by atoms with Crippen LogP contribution in [0.25, 0.3) is 0 Å². The molecule has 0 aliphatic carbocycles. The van der Waals surface area contributed by atoms with Gasteiger partial charge in [0, 0.05) is 18.0 Å². The number of aliphatic hydroxyl groups excluding tert-OH is 1. The predicted octanol–water partition coefficient (Wildman–Crippen LogP) is 2.86. The number of nitrogens with two attached hydrogens (primary N) is 1. The maximum Gasteiger partial charge on any atom is 0.248 e. The van der Waals surface area contributed by atoms with Crippen molar-refractivity contribution in [3.8, 4) is 0 Å². The lowest BCUT2D eigenvalue weighted by molar-refractivity contribution is -0.141. The van der Waals surface area contributed by atoms with Gasteiger partial charge in [0.25, 0.3) is 0 Å². The molecule has 2 aliphatic rings. The van der Waals surface area contributed by atoms with Crippen LogP contribution < -0.4 is 11.1 Å². The second-order valence-corrected chi connectivity index (χ2v) is 11.1. The first-order valence-electron chi connectivity index (χ1n) is 13.8. The fourth-order valence-corrected chi connectivity index (χ4v) is 5.33. The van der Waals surface area contributed by atoms with Crippen LogP contribution >= 0.6 is 11.6 Å². The van der Waals surface area contributed by atoms with E-state index in [0.717, 1.165) is 17.5 Å². The van der Waals surface area contributed by atoms with Gasteiger partial charge in [0.15, 0.2) is 0 Å². The standard InChI is InChI=1S/C30H39ClN4O5/c1-3-24(32)27(37)33-26(20(2)39-17-21-9-5-4-6-10-21)29(38)35-14-8-13-25(35)28-34-30(18-36,19-40-28)16-22-11-7-12-23(31)15-22/h4-7,9-12,15,20,24-26,36H,3,8,13-14,16-19,32H2,1-2H3,(H,33,37)/t20-,24+,25+,26+,30+/m1/s1. The van der Waals surface area contributed by atoms with E-state index in [1.165, 1.54) is 0 Å². The molecule has 0 aromatic heterocycles. The van der Waals surface area contributed by atoms with Gasteiger partial charge in [-0.2, -0.15) is 0 Å². The summed E-state index contributed by atoms with van der Waals surface area (Å²) < 4.78 is 12.1. The van der Waals surface area contributed by atoms with E-state index in [0.29, 0.717) is 43.3 Å². The van der Waals surface area contributed by atoms with Crippen molar-refractivity contribution in [3.05, 3.63) is 70.7 Å². The molecular weight excluding hydrogens is 532 g/mol. The summed E-state index contributed by atoms with van der Waals surface area (Å²) in [5, 5.41) is 13.8. The average Bonchev–Trinajstić information content (AvgIpc) is 3.62. The molecule has 5 atom stereocenters. The Morgan fingerprint density at radius 1 is 1.25 bits per heavy atom. The number of halogens is 1. The van der Waals surface area contributed by atoms with E-state index in [1.54, 1.807) is 17.9 Å². The van der Waals surface area contributed by atoms with Gasteiger partial charge >= 0.3 is 0 Å². The Kier molecular flexibility index (Phi) is 10.2. The molecular formula is C30H39ClN4O5. The average molecular weight is 571 g/mol. The fourth-order valence-electron chi connectivity index (χ4n) is 5.12. The highest BCUT2D eigenvalue weighted by Crippen LogP contribution is 2.30. The smallest absolute Gasteiger partial charge is 0.248 e. The van der Waals surface area contributed by atoms with Crippen molar-refractivity contribution < 1.29 is 24.2 Å². The zero-order valence-electron chi connectivity index (χ0n) is 23.1. The van der Waals surface area contributed by atoms with Crippen LogP contribution in [-0.2, 0) is 32.1 Å². The van der Waals surface area contributed by atoms with Gasteiger partial charge < -0.3 is 30.5 Å². The Morgan fingerprint density at radius 3 is 2.70 bits per heavy atom. The summed E-state index contributed by atoms with van der Waals surface area (Å²) in [4.78, 5) is 33.3. The Morgan fingerprint density at radius 2 is 2.00 bits per heavy atom. The Balaban J connectivity index is 1.52. The third-order valence-electron chi connectivity index (χ3n) is 7.54. The molecule has 0 bridgehead atoms. The third-order valence-corrected chi connectivity index (χ3v) is 7.77. The predicted molar refractivity (Wildman–Crippen MR) is 154 cm³/mol. The number of carbonyl (C=O) groups is 2. The fraction of sp³-hybridized carbons (Fsp3) is 0.500. The van der Waals surface area contributed by atoms with Crippen molar-refractivity contribution in [2.24, 2.45) is 10.7 Å². The van der Waals surface area contributed by atoms with Crippen molar-refractivity contribution in [2.45, 2.75) is 75.9 Å². The molecule has 0 unspecified atom stereocenters. The van der Waals surface area contributed by atoms with Gasteiger partial charge in [0.1, 0.15) is 24.2 Å². The molecule has 4 N–H and O–H groups in total. The minimum Gasteiger partial charge on any atom is -0.477 e. The van der Waals surface area contributed by atoms with E-state index in [9.17, 15) is 14.7 Å². The summed E-state index contributed by atoms with van der Waals surface area (Å²) >= 11 is 6.16. The van der Waals surface area contributed by atoms with E-state index in [4.69, 9.17) is 31.8 Å². The Bertz CT molecular complexity index is 1200. The van der Waals surface area contributed by atoms with Gasteiger partial charge in [0.2, 0.25) is 17.7 Å². The number of rotatable bonds is 12. The molecule has 2 heterocycles. The highest BCUT2D eigenvalue weighted by Gasteiger charge is 2.44. The largest absolute Gasteiger partial charge is 0.477 e. The number of hydrogen-bond donors (Lipinski definition) is 3. The quantitative estimate of drug-likeness (QED) is 0.360. The van der Waals surface area contributed by atoms with Gasteiger partial charge in [-0.1, -0.05) is 61.0 Å². The van der Waals surface area contributed by atoms with Gasteiger partial charge in [-0.25, -0.2) is 4.99 Å². The van der Waals surface area contributed by atoms with Crippen molar-refractivity contribution in [3.63, 3.8) is 0 Å². The van der Waals surface area contributed by atoms with Crippen LogP contribution in [0, 0.1) is 0 Å². The van der Waals surface area contributed by atoms with Crippen LogP contribution in [0.5, 0.6) is 0 Å². The minimum absolute atomic E-state index is 0.200. The number of aliphatic hydroxyl groups is 1. The molecule has 2 aliphatic heterocycles. The summed E-state index contributed by atoms with van der Waals surface area (Å²) in [7, 11) is 0. The molecule has 1 saturated heterocycles. The number of benzene rings is 2. The molecule has 0 radical (unpaired) electrons. The third kappa shape index (κ3) is 7.20. The summed E-state index contributed by atoms with van der Waals surface area (Å²) in [6.45, 7) is 4.37. The second-order valence-electron chi connectivity index (χ2n) is 10.6. The second kappa shape index (κ2) is 13.6. The number of carbonyl (C=O) groups excluding carboxylic acids is 2. The summed E-state index contributed by atoms with van der Waals surface area (Å²) in [5.74, 6) is -0.250. The Hall–Kier alpha value is -2.98. The SMILES string of the molecule is CC[C@H](N)C(=O)N[C@H](C(=O)N1CCC[C@H]1C1=N[C@](CO)(Cc2cccc(Cl)c2)CO1)[C@@H](C)OCc1ccccc1. The molecule has 2 amide bonds. The van der Waals surface area contributed by atoms with Crippen LogP contribution in [0.3, 0.4) is 0 Å². The summed E-state index contributed by atoms with van der Waals surface area (Å²) in [5.41, 5.74) is 7.02. The molecule has 9 nitrogen and oxygen atoms in total. The van der Waals surface area contributed by atoms with Gasteiger partial charge in [-0.3, -0.25) is 9.59 Å². The lowest BCUT2D eigenvalue weighted by Gasteiger charge is -2.32. The summed E-state index contributed by atoms with van der Waals surface area (Å²) in [6.07, 6.45) is 1.70. The maximum atomic E-state index is 14.0. The molecule has 216 valence electrons. The zero-order valence-corrected chi connectivity index (χ0v) is 23.8. The summed E-state index contributed by atoms with van der Waals surface area (Å²) in [6, 6.07) is 15.0. The van der Waals surface area contributed by atoms with Crippen LogP contribution in [0.1, 0.15) is 44.2 Å². The first-order valence-corrected chi connectivity index (χ1v) is 14.2. The van der Waals surface area contributed by atoms with E-state index < -0.39 is 35.7 Å². The lowest BCUT2D eigenvalue weighted by Crippen LogP contribution is -2.58. The van der Waals surface area contributed by atoms with Crippen molar-refractivity contribution in [2.75, 3.05) is 19.8 Å². The molecule has 4 rings (SSSR count). The van der Waals surface area contributed by atoms with Crippen LogP contribution in [0.4, 0.5) is 0 Å². The zero-order chi connectivity index (χ0) is 28.7. The number of hydrogen-bond acceptors (Lipinski definition) is 7. The normalized spacial score (nSPS) is 22.8. The molecule has 2 aromatic rings. The lowest BCUT2D eigenvalue weighted by atomic mass is 9.93. The minimum atomic E-state index is -0.939. The van der Waals surface area contributed by atoms with Crippen molar-refractivity contribution in [1.82, 2.24) is 10.2 Å². The molecule has 40 heavy (non-hydrogen) atoms. The number of amides is 2. The topological polar surface area (TPSA) is 126 Å². The first kappa shape index (κ1) is 30.0. The molecule has 2 aromatic carbocycles. The van der Waals surface area contributed by atoms with E-state index in [2.05, 4.69) is 5.32 Å². The number of likely N-dealkylation sites (tertiary alicyclic amines) is 1. The number of aliphatic imine (C=N–C) groups is 1. The van der Waals surface area contributed by atoms with Gasteiger partial charge in [0.05, 0.1) is 25.4 Å². The van der Waals surface area contributed by atoms with Crippen molar-refractivity contribution >= 4 is 29.3 Å². The molecule has 10 heteroatoms. The first-order chi connectivity index (χ1) is 19.2. The van der Waals surface area contributed by atoms with Crippen molar-refractivity contribution in [1.29, 1.82) is 0 Å². The van der Waals surface area contributed by atoms with Gasteiger partial charge in [-0.15, -0.1) is 0 Å². The maximum absolute atomic E-state index is 14.0. The number of nitrogens with zero attached hydrogens (tertiary/aromatic N) is 2. The number of nitrogens with one attached hydrogen (secondary N) is 1. The van der Waals surface area contributed by atoms with Gasteiger partial charge in [-0.05, 0) is 49.4 Å². The van der Waals surface area contributed by atoms with E-state index in [-0.39, 0.29) is 19.1 Å². The van der Waals surface area contributed by atoms with E-state index in [1.807, 2.05) is 55.5 Å². The number of ether oxygens (including phenoxy) is 2. The van der Waals surface area contributed by atoms with Crippen LogP contribution in [0.15, 0.2) is 59.6 Å². The highest BCUT2D eigenvalue weighted by atomic mass is 35.5. The monoisotopic (exact) mass is 570 g/mol. The molecule has 0 spiro atoms.